The Kier molecular flexibility index (Phi) is 8.10. The number of aliphatic carboxylic acids is 2. The van der Waals surface area contributed by atoms with E-state index in [4.69, 9.17) is 5.11 Å². The lowest BCUT2D eigenvalue weighted by Crippen LogP contribution is -2.44. The van der Waals surface area contributed by atoms with Gasteiger partial charge in [0.2, 0.25) is 0 Å². The normalized spacial score (nSPS) is 20.9. The molecule has 0 saturated heterocycles. The van der Waals surface area contributed by atoms with Crippen molar-refractivity contribution in [2.75, 3.05) is 6.61 Å². The maximum absolute atomic E-state index is 12.0. The first kappa shape index (κ1) is 22.8. The second-order valence-electron chi connectivity index (χ2n) is 5.82. The molecule has 3 N–H and O–H groups in total. The number of halogens is 1. The van der Waals surface area contributed by atoms with Gasteiger partial charge in [-0.2, -0.15) is 0 Å². The van der Waals surface area contributed by atoms with Crippen LogP contribution in [0, 0.1) is 19.6 Å². The summed E-state index contributed by atoms with van der Waals surface area (Å²) in [5.74, 6) is -3.56. The summed E-state index contributed by atoms with van der Waals surface area (Å²) in [5, 5.41) is 38.3. The topological polar surface area (TPSA) is 138 Å². The fraction of sp³-hybridized carbons (Fsp3) is 0.333. The number of nitro benzene ring substituents is 1. The van der Waals surface area contributed by atoms with Gasteiger partial charge in [-0.1, -0.05) is 32.1 Å². The Hall–Kier alpha value is -2.27. The van der Waals surface area contributed by atoms with Gasteiger partial charge in [-0.05, 0) is 41.1 Å². The number of aliphatic hydroxyl groups is 1. The fourth-order valence-corrected chi connectivity index (χ4v) is 3.27. The highest BCUT2D eigenvalue weighted by molar-refractivity contribution is 14.1. The summed E-state index contributed by atoms with van der Waals surface area (Å²) in [6.07, 6.45) is 4.81. The van der Waals surface area contributed by atoms with E-state index in [-0.39, 0.29) is 16.8 Å². The summed E-state index contributed by atoms with van der Waals surface area (Å²) in [6.45, 7) is 3.69. The third-order valence-corrected chi connectivity index (χ3v) is 4.88. The van der Waals surface area contributed by atoms with E-state index in [0.717, 1.165) is 6.42 Å². The number of rotatable bonds is 5. The molecule has 2 atom stereocenters. The molecule has 8 nitrogen and oxygen atoms in total. The lowest BCUT2D eigenvalue weighted by molar-refractivity contribution is -0.386. The maximum Gasteiger partial charge on any atom is 0.331 e. The molecule has 0 spiro atoms. The van der Waals surface area contributed by atoms with Crippen molar-refractivity contribution in [1.29, 1.82) is 0 Å². The summed E-state index contributed by atoms with van der Waals surface area (Å²) >= 11 is 1.89. The van der Waals surface area contributed by atoms with E-state index >= 15 is 0 Å². The van der Waals surface area contributed by atoms with Gasteiger partial charge in [0.15, 0.2) is 0 Å². The Morgan fingerprint density at radius 3 is 2.37 bits per heavy atom. The molecule has 0 amide bonds. The molecule has 0 bridgehead atoms. The van der Waals surface area contributed by atoms with Crippen LogP contribution < -0.4 is 0 Å². The van der Waals surface area contributed by atoms with Crippen molar-refractivity contribution in [1.82, 2.24) is 0 Å². The molecular weight excluding hydrogens is 469 g/mol. The van der Waals surface area contributed by atoms with Crippen molar-refractivity contribution in [2.24, 2.45) is 5.92 Å². The minimum atomic E-state index is -1.81. The largest absolute Gasteiger partial charge is 0.480 e. The zero-order valence-electron chi connectivity index (χ0n) is 14.8. The van der Waals surface area contributed by atoms with E-state index in [1.165, 1.54) is 37.3 Å². The molecule has 1 aromatic carbocycles. The van der Waals surface area contributed by atoms with Crippen LogP contribution in [0.25, 0.3) is 0 Å². The van der Waals surface area contributed by atoms with Crippen LogP contribution >= 0.6 is 22.6 Å². The van der Waals surface area contributed by atoms with Crippen molar-refractivity contribution >= 4 is 40.2 Å². The molecule has 27 heavy (non-hydrogen) atoms. The summed E-state index contributed by atoms with van der Waals surface area (Å²) < 4.78 is 0.583. The predicted octanol–water partition coefficient (Wildman–Crippen LogP) is 3.13. The maximum atomic E-state index is 12.0. The Balaban J connectivity index is 0.000000828. The number of nitrogens with zero attached hydrogens (tertiary/aromatic N) is 1. The molecule has 146 valence electrons. The number of carbonyl (C=O) groups is 2. The highest BCUT2D eigenvalue weighted by Gasteiger charge is 2.50. The lowest BCUT2D eigenvalue weighted by Gasteiger charge is -2.35. The molecule has 1 aromatic rings. The van der Waals surface area contributed by atoms with Crippen molar-refractivity contribution in [3.05, 3.63) is 61.2 Å². The number of carboxylic acids is 2. The first-order valence-corrected chi connectivity index (χ1v) is 9.12. The SMILES string of the molecule is CC1C(C(=O)O)=CC=CC1(C(=O)O)c1ccc(I)cc1[N+](=O)[O-].CCCO. The molecule has 1 aliphatic rings. The van der Waals surface area contributed by atoms with Gasteiger partial charge in [-0.25, -0.2) is 4.79 Å². The molecular formula is C18H20INO7. The van der Waals surface area contributed by atoms with Crippen LogP contribution in [-0.2, 0) is 15.0 Å². The molecule has 2 rings (SSSR count). The van der Waals surface area contributed by atoms with E-state index in [2.05, 4.69) is 0 Å². The molecule has 0 aliphatic heterocycles. The van der Waals surface area contributed by atoms with Gasteiger partial charge < -0.3 is 15.3 Å². The van der Waals surface area contributed by atoms with E-state index in [1.807, 2.05) is 29.5 Å². The lowest BCUT2D eigenvalue weighted by atomic mass is 9.65. The smallest absolute Gasteiger partial charge is 0.331 e. The van der Waals surface area contributed by atoms with Crippen molar-refractivity contribution in [3.63, 3.8) is 0 Å². The van der Waals surface area contributed by atoms with Gasteiger partial charge in [-0.15, -0.1) is 0 Å². The minimum absolute atomic E-state index is 0.0361. The zero-order valence-corrected chi connectivity index (χ0v) is 16.9. The number of hydrogen-bond acceptors (Lipinski definition) is 5. The van der Waals surface area contributed by atoms with Crippen LogP contribution in [0.15, 0.2) is 42.0 Å². The Bertz CT molecular complexity index is 801. The summed E-state index contributed by atoms with van der Waals surface area (Å²) in [5.41, 5.74) is -2.30. The average Bonchev–Trinajstić information content (AvgIpc) is 2.61. The number of allylic oxidation sites excluding steroid dienone is 2. The zero-order chi connectivity index (χ0) is 20.8. The molecule has 0 saturated carbocycles. The third-order valence-electron chi connectivity index (χ3n) is 4.21. The quantitative estimate of drug-likeness (QED) is 0.328. The van der Waals surface area contributed by atoms with E-state index < -0.39 is 28.2 Å². The van der Waals surface area contributed by atoms with Crippen molar-refractivity contribution < 1.29 is 29.8 Å². The number of carboxylic acid groups (broad SMARTS) is 2. The van der Waals surface area contributed by atoms with Gasteiger partial charge in [0, 0.05) is 27.7 Å². The average molecular weight is 489 g/mol. The predicted molar refractivity (Wildman–Crippen MR) is 107 cm³/mol. The van der Waals surface area contributed by atoms with E-state index in [1.54, 1.807) is 6.07 Å². The highest BCUT2D eigenvalue weighted by atomic mass is 127. The van der Waals surface area contributed by atoms with Crippen molar-refractivity contribution in [2.45, 2.75) is 25.7 Å². The van der Waals surface area contributed by atoms with Crippen LogP contribution in [0.1, 0.15) is 25.8 Å². The summed E-state index contributed by atoms with van der Waals surface area (Å²) in [7, 11) is 0. The standard InChI is InChI=1S/C15H12INO6.C3H8O/c1-8-10(13(18)19)3-2-6-15(8,14(20)21)11-5-4-9(16)7-12(11)17(22)23;1-2-3-4/h2-8H,1H3,(H,18,19)(H,20,21);4H,2-3H2,1H3. The van der Waals surface area contributed by atoms with E-state index in [9.17, 15) is 29.9 Å². The molecule has 0 aromatic heterocycles. The Morgan fingerprint density at radius 1 is 1.33 bits per heavy atom. The first-order chi connectivity index (χ1) is 12.6. The molecule has 0 fully saturated rings. The number of benzene rings is 1. The fourth-order valence-electron chi connectivity index (χ4n) is 2.79. The van der Waals surface area contributed by atoms with Gasteiger partial charge >= 0.3 is 11.9 Å². The number of hydrogen-bond donors (Lipinski definition) is 3. The Morgan fingerprint density at radius 2 is 1.93 bits per heavy atom. The molecule has 0 heterocycles. The third kappa shape index (κ3) is 4.72. The van der Waals surface area contributed by atoms with Crippen LogP contribution in [0.2, 0.25) is 0 Å². The molecule has 2 unspecified atom stereocenters. The second kappa shape index (κ2) is 9.60. The van der Waals surface area contributed by atoms with Gasteiger partial charge in [-0.3, -0.25) is 14.9 Å². The van der Waals surface area contributed by atoms with Crippen LogP contribution in [-0.4, -0.2) is 38.8 Å². The Labute approximate surface area is 169 Å². The van der Waals surface area contributed by atoms with Crippen molar-refractivity contribution in [3.8, 4) is 0 Å². The first-order valence-electron chi connectivity index (χ1n) is 8.04. The van der Waals surface area contributed by atoms with E-state index in [0.29, 0.717) is 10.2 Å². The molecule has 0 radical (unpaired) electrons. The molecule has 1 aliphatic carbocycles. The van der Waals surface area contributed by atoms with Crippen LogP contribution in [0.5, 0.6) is 0 Å². The summed E-state index contributed by atoms with van der Waals surface area (Å²) in [4.78, 5) is 34.1. The monoisotopic (exact) mass is 489 g/mol. The number of aliphatic hydroxyl groups excluding tert-OH is 1. The van der Waals surface area contributed by atoms with Crippen LogP contribution in [0.3, 0.4) is 0 Å². The van der Waals surface area contributed by atoms with Gasteiger partial charge in [0.05, 0.1) is 10.5 Å². The van der Waals surface area contributed by atoms with Crippen LogP contribution in [0.4, 0.5) is 5.69 Å². The van der Waals surface area contributed by atoms with Gasteiger partial charge in [0.1, 0.15) is 5.41 Å². The number of nitro groups is 1. The highest BCUT2D eigenvalue weighted by Crippen LogP contribution is 2.44. The minimum Gasteiger partial charge on any atom is -0.480 e. The summed E-state index contributed by atoms with van der Waals surface area (Å²) in [6, 6.07) is 4.21. The van der Waals surface area contributed by atoms with Gasteiger partial charge in [0.25, 0.3) is 5.69 Å². The second-order valence-corrected chi connectivity index (χ2v) is 7.07. The molecule has 9 heteroatoms.